The molecule has 0 aliphatic carbocycles. The van der Waals surface area contributed by atoms with Gasteiger partial charge >= 0.3 is 0 Å². The molecule has 0 N–H and O–H groups in total. The van der Waals surface area contributed by atoms with Crippen LogP contribution < -0.4 is 0 Å². The summed E-state index contributed by atoms with van der Waals surface area (Å²) in [6.07, 6.45) is 0. The number of rotatable bonds is 4. The molecular formula is C45H26N4O2. The average Bonchev–Trinajstić information content (AvgIpc) is 3.87. The standard InChI is InChI=1S/C45H26N4O2/c1-3-12-27(13-4-1)43-46-44(28-14-5-2-6-15-28)48-45(47-43)34-18-11-21-37-40(34)33-24-25-38-41(42(33)51-37)32-23-22-29(26-39(32)50-38)49-35-19-9-7-16-30(35)31-17-8-10-20-36(31)49/h1-26H. The number of benzene rings is 7. The highest BCUT2D eigenvalue weighted by molar-refractivity contribution is 6.24. The molecule has 0 amide bonds. The molecular weight excluding hydrogens is 629 g/mol. The van der Waals surface area contributed by atoms with E-state index >= 15 is 0 Å². The van der Waals surface area contributed by atoms with E-state index in [2.05, 4.69) is 83.4 Å². The number of para-hydroxylation sites is 2. The van der Waals surface area contributed by atoms with Crippen molar-refractivity contribution in [3.05, 3.63) is 158 Å². The van der Waals surface area contributed by atoms with Gasteiger partial charge in [0.15, 0.2) is 17.5 Å². The minimum absolute atomic E-state index is 0.587. The summed E-state index contributed by atoms with van der Waals surface area (Å²) in [5.41, 5.74) is 9.20. The Labute approximate surface area is 290 Å². The lowest BCUT2D eigenvalue weighted by molar-refractivity contribution is 0.662. The molecule has 7 aromatic carbocycles. The number of furan rings is 2. The smallest absolute Gasteiger partial charge is 0.164 e. The first kappa shape index (κ1) is 27.9. The van der Waals surface area contributed by atoms with Crippen molar-refractivity contribution in [2.24, 2.45) is 0 Å². The summed E-state index contributed by atoms with van der Waals surface area (Å²) in [5, 5.41) is 6.33. The van der Waals surface area contributed by atoms with Crippen molar-refractivity contribution in [3.8, 4) is 39.9 Å². The lowest BCUT2D eigenvalue weighted by atomic mass is 10.0. The second-order valence-corrected chi connectivity index (χ2v) is 12.8. The summed E-state index contributed by atoms with van der Waals surface area (Å²) < 4.78 is 15.6. The van der Waals surface area contributed by atoms with Gasteiger partial charge < -0.3 is 13.4 Å². The molecule has 0 saturated heterocycles. The Balaban J connectivity index is 1.12. The highest BCUT2D eigenvalue weighted by Crippen LogP contribution is 2.43. The Kier molecular flexibility index (Phi) is 5.86. The first-order valence-corrected chi connectivity index (χ1v) is 16.9. The molecule has 238 valence electrons. The normalized spacial score (nSPS) is 11.9. The average molecular weight is 655 g/mol. The van der Waals surface area contributed by atoms with Crippen LogP contribution in [0.15, 0.2) is 167 Å². The Bertz CT molecular complexity index is 3030. The molecule has 0 saturated carbocycles. The van der Waals surface area contributed by atoms with E-state index in [1.807, 2.05) is 78.9 Å². The highest BCUT2D eigenvalue weighted by Gasteiger charge is 2.21. The van der Waals surface area contributed by atoms with Crippen LogP contribution in [-0.4, -0.2) is 19.5 Å². The molecule has 0 fully saturated rings. The van der Waals surface area contributed by atoms with E-state index in [9.17, 15) is 0 Å². The van der Waals surface area contributed by atoms with Crippen molar-refractivity contribution in [2.45, 2.75) is 0 Å². The molecule has 6 nitrogen and oxygen atoms in total. The second kappa shape index (κ2) is 10.7. The van der Waals surface area contributed by atoms with Crippen LogP contribution in [0.3, 0.4) is 0 Å². The van der Waals surface area contributed by atoms with Crippen molar-refractivity contribution in [1.29, 1.82) is 0 Å². The topological polar surface area (TPSA) is 69.9 Å². The van der Waals surface area contributed by atoms with Crippen LogP contribution in [0.2, 0.25) is 0 Å². The fraction of sp³-hybridized carbons (Fsp3) is 0. The van der Waals surface area contributed by atoms with Crippen molar-refractivity contribution in [3.63, 3.8) is 0 Å². The number of aromatic nitrogens is 4. The van der Waals surface area contributed by atoms with Gasteiger partial charge in [0, 0.05) is 55.4 Å². The molecule has 0 radical (unpaired) electrons. The summed E-state index contributed by atoms with van der Waals surface area (Å²) in [5.74, 6) is 1.82. The maximum atomic E-state index is 6.71. The van der Waals surface area contributed by atoms with Crippen molar-refractivity contribution in [2.75, 3.05) is 0 Å². The van der Waals surface area contributed by atoms with E-state index in [1.54, 1.807) is 0 Å². The van der Waals surface area contributed by atoms with Gasteiger partial charge in [-0.2, -0.15) is 0 Å². The molecule has 6 heteroatoms. The molecule has 0 spiro atoms. The zero-order valence-electron chi connectivity index (χ0n) is 27.1. The predicted molar refractivity (Wildman–Crippen MR) is 205 cm³/mol. The fourth-order valence-electron chi connectivity index (χ4n) is 7.59. The van der Waals surface area contributed by atoms with Crippen molar-refractivity contribution >= 4 is 65.7 Å². The minimum Gasteiger partial charge on any atom is -0.456 e. The molecule has 0 aliphatic heterocycles. The first-order chi connectivity index (χ1) is 25.3. The van der Waals surface area contributed by atoms with Crippen molar-refractivity contribution < 1.29 is 8.83 Å². The SMILES string of the molecule is c1ccc(-c2nc(-c3ccccc3)nc(-c3cccc4oc5c(ccc6oc7cc(-n8c9ccccc9c9ccccc98)ccc7c65)c34)n2)cc1. The van der Waals surface area contributed by atoms with E-state index in [0.29, 0.717) is 17.5 Å². The maximum Gasteiger partial charge on any atom is 0.164 e. The zero-order valence-corrected chi connectivity index (χ0v) is 27.1. The van der Waals surface area contributed by atoms with Crippen LogP contribution in [-0.2, 0) is 0 Å². The summed E-state index contributed by atoms with van der Waals surface area (Å²) in [7, 11) is 0. The minimum atomic E-state index is 0.587. The van der Waals surface area contributed by atoms with E-state index in [4.69, 9.17) is 23.8 Å². The van der Waals surface area contributed by atoms with Gasteiger partial charge in [0.2, 0.25) is 0 Å². The molecule has 0 aliphatic rings. The van der Waals surface area contributed by atoms with Crippen LogP contribution in [0, 0.1) is 0 Å². The van der Waals surface area contributed by atoms with Gasteiger partial charge in [0.1, 0.15) is 22.3 Å². The van der Waals surface area contributed by atoms with Gasteiger partial charge in [-0.25, -0.2) is 15.0 Å². The van der Waals surface area contributed by atoms with E-state index in [1.165, 1.54) is 10.8 Å². The van der Waals surface area contributed by atoms with Crippen LogP contribution in [0.4, 0.5) is 0 Å². The van der Waals surface area contributed by atoms with Gasteiger partial charge in [-0.15, -0.1) is 0 Å². The molecule has 0 unspecified atom stereocenters. The molecule has 11 aromatic rings. The first-order valence-electron chi connectivity index (χ1n) is 16.9. The molecule has 51 heavy (non-hydrogen) atoms. The second-order valence-electron chi connectivity index (χ2n) is 12.8. The van der Waals surface area contributed by atoms with E-state index in [0.717, 1.165) is 77.3 Å². The maximum absolute atomic E-state index is 6.71. The van der Waals surface area contributed by atoms with Crippen LogP contribution in [0.5, 0.6) is 0 Å². The van der Waals surface area contributed by atoms with Gasteiger partial charge in [0.25, 0.3) is 0 Å². The Hall–Kier alpha value is -7.05. The van der Waals surface area contributed by atoms with E-state index in [-0.39, 0.29) is 0 Å². The predicted octanol–water partition coefficient (Wildman–Crippen LogP) is 11.8. The van der Waals surface area contributed by atoms with Crippen molar-refractivity contribution in [1.82, 2.24) is 19.5 Å². The number of fused-ring (bicyclic) bond motifs is 10. The van der Waals surface area contributed by atoms with Gasteiger partial charge in [-0.1, -0.05) is 109 Å². The van der Waals surface area contributed by atoms with Crippen LogP contribution >= 0.6 is 0 Å². The third-order valence-electron chi connectivity index (χ3n) is 9.86. The van der Waals surface area contributed by atoms with Gasteiger partial charge in [-0.3, -0.25) is 0 Å². The lowest BCUT2D eigenvalue weighted by Gasteiger charge is -2.09. The largest absolute Gasteiger partial charge is 0.456 e. The third kappa shape index (κ3) is 4.20. The fourth-order valence-corrected chi connectivity index (χ4v) is 7.59. The Morgan fingerprint density at radius 1 is 0.392 bits per heavy atom. The number of nitrogens with zero attached hydrogens (tertiary/aromatic N) is 4. The Morgan fingerprint density at radius 2 is 0.980 bits per heavy atom. The molecule has 11 rings (SSSR count). The number of hydrogen-bond acceptors (Lipinski definition) is 5. The zero-order chi connectivity index (χ0) is 33.5. The third-order valence-corrected chi connectivity index (χ3v) is 9.86. The highest BCUT2D eigenvalue weighted by atomic mass is 16.3. The lowest BCUT2D eigenvalue weighted by Crippen LogP contribution is -2.00. The molecule has 0 bridgehead atoms. The summed E-state index contributed by atoms with van der Waals surface area (Å²) in [6, 6.07) is 53.8. The summed E-state index contributed by atoms with van der Waals surface area (Å²) >= 11 is 0. The quantitative estimate of drug-likeness (QED) is 0.189. The summed E-state index contributed by atoms with van der Waals surface area (Å²) in [6.45, 7) is 0. The molecule has 0 atom stereocenters. The number of hydrogen-bond donors (Lipinski definition) is 0. The summed E-state index contributed by atoms with van der Waals surface area (Å²) in [4.78, 5) is 15.0. The molecule has 4 heterocycles. The van der Waals surface area contributed by atoms with Gasteiger partial charge in [0.05, 0.1) is 16.4 Å². The molecule has 4 aromatic heterocycles. The van der Waals surface area contributed by atoms with Crippen LogP contribution in [0.25, 0.3) is 106 Å². The Morgan fingerprint density at radius 3 is 1.67 bits per heavy atom. The van der Waals surface area contributed by atoms with E-state index < -0.39 is 0 Å². The monoisotopic (exact) mass is 654 g/mol. The van der Waals surface area contributed by atoms with Crippen LogP contribution in [0.1, 0.15) is 0 Å². The van der Waals surface area contributed by atoms with Gasteiger partial charge in [-0.05, 0) is 42.5 Å².